The van der Waals surface area contributed by atoms with E-state index in [1.165, 1.54) is 0 Å². The molecular formula is Cl3FeK2S. The molecule has 0 rings (SSSR count). The van der Waals surface area contributed by atoms with Crippen LogP contribution in [-0.2, 0) is 24.7 Å². The van der Waals surface area contributed by atoms with Gasteiger partial charge in [0.1, 0.15) is 0 Å². The summed E-state index contributed by atoms with van der Waals surface area (Å²) in [6.45, 7) is 0. The number of halogens is 3. The molecule has 0 fully saturated rings. The molecule has 7 heavy (non-hydrogen) atoms. The second-order valence-corrected chi connectivity index (χ2v) is 5.62. The molecule has 7 heteroatoms. The summed E-state index contributed by atoms with van der Waals surface area (Å²) in [5.74, 6) is 0. The van der Waals surface area contributed by atoms with Crippen LogP contribution in [-0.4, -0.2) is 0 Å². The zero-order valence-electron chi connectivity index (χ0n) is 3.90. The van der Waals surface area contributed by atoms with Crippen molar-refractivity contribution in [3.63, 3.8) is 0 Å². The van der Waals surface area contributed by atoms with Gasteiger partial charge in [-0.1, -0.05) is 0 Å². The van der Waals surface area contributed by atoms with E-state index in [0.29, 0.717) is 0 Å². The third-order valence-corrected chi connectivity index (χ3v) is 0. The molecule has 0 radical (unpaired) electrons. The zero-order valence-corrected chi connectivity index (χ0v) is 14.3. The van der Waals surface area contributed by atoms with E-state index < -0.39 is 11.2 Å². The topological polar surface area (TPSA) is 0 Å². The molecule has 0 heterocycles. The normalized spacial score (nSPS) is 6.43. The Hall–Kier alpha value is 5.01. The quantitative estimate of drug-likeness (QED) is 0.395. The summed E-state index contributed by atoms with van der Waals surface area (Å²) < 4.78 is 0. The first-order valence-electron chi connectivity index (χ1n) is 0.401. The van der Waals surface area contributed by atoms with E-state index in [0.717, 1.165) is 0 Å². The maximum absolute atomic E-state index is 4.89. The average molecular weight is 272 g/mol. The van der Waals surface area contributed by atoms with Crippen LogP contribution < -0.4 is 103 Å². The minimum atomic E-state index is -1.33. The average Bonchev–Trinajstić information content (AvgIpc) is 0.811. The van der Waals surface area contributed by atoms with E-state index in [-0.39, 0.29) is 116 Å². The van der Waals surface area contributed by atoms with Crippen molar-refractivity contribution in [2.45, 2.75) is 0 Å². The first-order chi connectivity index (χ1) is 1.73. The SMILES string of the molecule is [Cl][Fe]([Cl])[Cl].[K+].[K+].[S-2]. The summed E-state index contributed by atoms with van der Waals surface area (Å²) in [5, 5.41) is 0. The zero-order chi connectivity index (χ0) is 3.58. The van der Waals surface area contributed by atoms with Crippen molar-refractivity contribution in [1.82, 2.24) is 0 Å². The molecule has 0 atom stereocenters. The number of hydrogen-bond donors (Lipinski definition) is 0. The molecule has 0 aliphatic heterocycles. The van der Waals surface area contributed by atoms with Crippen molar-refractivity contribution in [1.29, 1.82) is 0 Å². The first-order valence-corrected chi connectivity index (χ1v) is 4.96. The second kappa shape index (κ2) is 17.2. The van der Waals surface area contributed by atoms with Crippen LogP contribution in [0.4, 0.5) is 0 Å². The van der Waals surface area contributed by atoms with Crippen LogP contribution in [0.5, 0.6) is 0 Å². The Morgan fingerprint density at radius 3 is 0.857 bits per heavy atom. The number of hydrogen-bond acceptors (Lipinski definition) is 0. The Balaban J connectivity index is -0.0000000150. The van der Waals surface area contributed by atoms with Crippen LogP contribution in [0.15, 0.2) is 0 Å². The monoisotopic (exact) mass is 271 g/mol. The molecule has 0 saturated carbocycles. The molecule has 0 aromatic rings. The van der Waals surface area contributed by atoms with E-state index in [1.54, 1.807) is 0 Å². The summed E-state index contributed by atoms with van der Waals surface area (Å²) in [6, 6.07) is 0. The summed E-state index contributed by atoms with van der Waals surface area (Å²) in [4.78, 5) is 0. The molecule has 0 N–H and O–H groups in total. The van der Waals surface area contributed by atoms with E-state index >= 15 is 0 Å². The van der Waals surface area contributed by atoms with Gasteiger partial charge in [-0.15, -0.1) is 0 Å². The second-order valence-electron chi connectivity index (χ2n) is 0.152. The summed E-state index contributed by atoms with van der Waals surface area (Å²) in [6.07, 6.45) is 0. The first kappa shape index (κ1) is 22.7. The van der Waals surface area contributed by atoms with Gasteiger partial charge in [-0.2, -0.15) is 0 Å². The Kier molecular flexibility index (Phi) is 55.7. The molecular weight excluding hydrogens is 272 g/mol. The predicted octanol–water partition coefficient (Wildman–Crippen LogP) is -3.93. The van der Waals surface area contributed by atoms with E-state index in [1.807, 2.05) is 0 Å². The van der Waals surface area contributed by atoms with Gasteiger partial charge in [0.05, 0.1) is 0 Å². The van der Waals surface area contributed by atoms with Gasteiger partial charge in [0, 0.05) is 0 Å². The maximum atomic E-state index is 4.89. The van der Waals surface area contributed by atoms with E-state index in [9.17, 15) is 0 Å². The van der Waals surface area contributed by atoms with E-state index in [2.05, 4.69) is 0 Å². The fourth-order valence-corrected chi connectivity index (χ4v) is 0. The fourth-order valence-electron chi connectivity index (χ4n) is 0. The summed E-state index contributed by atoms with van der Waals surface area (Å²) in [5.41, 5.74) is 0. The Morgan fingerprint density at radius 1 is 0.857 bits per heavy atom. The molecule has 0 aliphatic rings. The van der Waals surface area contributed by atoms with Gasteiger partial charge >= 0.3 is 144 Å². The summed E-state index contributed by atoms with van der Waals surface area (Å²) in [7, 11) is 14.7. The van der Waals surface area contributed by atoms with E-state index in [4.69, 9.17) is 30.3 Å². The predicted molar refractivity (Wildman–Crippen MR) is 24.9 cm³/mol. The Labute approximate surface area is 153 Å². The molecule has 0 unspecified atom stereocenters. The van der Waals surface area contributed by atoms with Gasteiger partial charge < -0.3 is 13.5 Å². The van der Waals surface area contributed by atoms with Gasteiger partial charge in [0.25, 0.3) is 0 Å². The van der Waals surface area contributed by atoms with Crippen LogP contribution in [0, 0.1) is 0 Å². The van der Waals surface area contributed by atoms with Gasteiger partial charge in [-0.25, -0.2) is 0 Å². The standard InChI is InChI=1S/3ClH.Fe.2K.S/h3*1H;;;;/q;;;+3;2*+1;-2/p-3. The molecule has 0 nitrogen and oxygen atoms in total. The van der Waals surface area contributed by atoms with Crippen LogP contribution in [0.3, 0.4) is 0 Å². The van der Waals surface area contributed by atoms with Crippen LogP contribution in [0.25, 0.3) is 0 Å². The molecule has 37 valence electrons. The largest absolute Gasteiger partial charge is 2.00 e. The summed E-state index contributed by atoms with van der Waals surface area (Å²) >= 11 is -1.33. The third kappa shape index (κ3) is 35.6. The van der Waals surface area contributed by atoms with Crippen molar-refractivity contribution in [3.05, 3.63) is 0 Å². The fraction of sp³-hybridized carbons (Fsp3) is 0. The molecule has 0 aliphatic carbocycles. The minimum absolute atomic E-state index is 0. The van der Waals surface area contributed by atoms with Gasteiger partial charge in [-0.05, 0) is 0 Å². The van der Waals surface area contributed by atoms with Crippen molar-refractivity contribution >= 4 is 43.8 Å². The molecule has 0 saturated heterocycles. The van der Waals surface area contributed by atoms with Crippen molar-refractivity contribution in [3.8, 4) is 0 Å². The Bertz CT molecular complexity index is 17.7. The van der Waals surface area contributed by atoms with Gasteiger partial charge in [0.15, 0.2) is 0 Å². The van der Waals surface area contributed by atoms with Gasteiger partial charge in [-0.3, -0.25) is 0 Å². The van der Waals surface area contributed by atoms with Crippen LogP contribution in [0.2, 0.25) is 0 Å². The Morgan fingerprint density at radius 2 is 0.857 bits per heavy atom. The molecule has 0 spiro atoms. The number of rotatable bonds is 0. The van der Waals surface area contributed by atoms with Crippen molar-refractivity contribution in [2.75, 3.05) is 0 Å². The smallest absolute Gasteiger partial charge is 1.00 e. The third-order valence-electron chi connectivity index (χ3n) is 0. The molecule has 0 aromatic carbocycles. The van der Waals surface area contributed by atoms with Crippen LogP contribution >= 0.6 is 30.3 Å². The molecule has 0 bridgehead atoms. The van der Waals surface area contributed by atoms with Crippen LogP contribution in [0.1, 0.15) is 0 Å². The molecule has 0 amide bonds. The maximum Gasteiger partial charge on any atom is 1.00 e. The van der Waals surface area contributed by atoms with Crippen molar-refractivity contribution < 1.29 is 114 Å². The molecule has 0 aromatic heterocycles. The van der Waals surface area contributed by atoms with Gasteiger partial charge in [0.2, 0.25) is 0 Å². The van der Waals surface area contributed by atoms with Crippen molar-refractivity contribution in [2.24, 2.45) is 0 Å². The minimum Gasteiger partial charge on any atom is -2.00 e.